The van der Waals surface area contributed by atoms with Gasteiger partial charge in [-0.05, 0) is 51.0 Å². The van der Waals surface area contributed by atoms with Gasteiger partial charge in [0.05, 0.1) is 11.4 Å². The largest absolute Gasteiger partial charge is 0.283 e. The third-order valence-electron chi connectivity index (χ3n) is 6.65. The number of hydrogen-bond acceptors (Lipinski definition) is 4. The Morgan fingerprint density at radius 2 is 0.872 bits per heavy atom. The first-order valence-corrected chi connectivity index (χ1v) is 12.1. The van der Waals surface area contributed by atoms with Gasteiger partial charge in [-0.2, -0.15) is 48.5 Å². The van der Waals surface area contributed by atoms with Crippen molar-refractivity contribution in [3.05, 3.63) is 129 Å². The van der Waals surface area contributed by atoms with Gasteiger partial charge in [-0.3, -0.25) is 29.0 Å². The molecule has 0 unspecified atom stereocenters. The molecule has 1 radical (unpaired) electrons. The summed E-state index contributed by atoms with van der Waals surface area (Å²) in [4.78, 5) is 51.8. The molecule has 7 heteroatoms. The predicted molar refractivity (Wildman–Crippen MR) is 145 cm³/mol. The van der Waals surface area contributed by atoms with E-state index in [0.29, 0.717) is 33.6 Å². The number of carbonyl (C=O) groups is 4. The second kappa shape index (κ2) is 11.2. The van der Waals surface area contributed by atoms with Crippen LogP contribution in [0.3, 0.4) is 0 Å². The molecule has 0 saturated heterocycles. The Morgan fingerprint density at radius 3 is 1.21 bits per heavy atom. The minimum absolute atomic E-state index is 0. The smallest absolute Gasteiger partial charge is 0.240 e. The first kappa shape index (κ1) is 28.3. The molecule has 2 heterocycles. The molecule has 6 nitrogen and oxygen atoms in total. The Kier molecular flexibility index (Phi) is 8.10. The summed E-state index contributed by atoms with van der Waals surface area (Å²) in [6.07, 6.45) is 0. The average molecular weight is 589 g/mol. The number of nitrogens with zero attached hydrogens (tertiary/aromatic N) is 2. The average Bonchev–Trinajstić information content (AvgIpc) is 3.30. The van der Waals surface area contributed by atoms with E-state index in [1.54, 1.807) is 36.4 Å². The topological polar surface area (TPSA) is 74.8 Å². The van der Waals surface area contributed by atoms with Crippen molar-refractivity contribution in [2.24, 2.45) is 0 Å². The number of amides is 4. The van der Waals surface area contributed by atoms with Crippen LogP contribution in [0.15, 0.2) is 72.8 Å². The maximum atomic E-state index is 12.3. The van der Waals surface area contributed by atoms with Crippen LogP contribution in [0.2, 0.25) is 0 Å². The van der Waals surface area contributed by atoms with E-state index in [1.165, 1.54) is 9.80 Å². The van der Waals surface area contributed by atoms with Crippen LogP contribution >= 0.6 is 0 Å². The zero-order chi connectivity index (χ0) is 27.1. The second-order valence-corrected chi connectivity index (χ2v) is 9.41. The summed E-state index contributed by atoms with van der Waals surface area (Å²) in [6.45, 7) is 7.76. The first-order chi connectivity index (χ1) is 18.2. The van der Waals surface area contributed by atoms with Crippen molar-refractivity contribution < 1.29 is 51.9 Å². The van der Waals surface area contributed by atoms with Crippen LogP contribution in [0.25, 0.3) is 0 Å². The third-order valence-corrected chi connectivity index (χ3v) is 6.65. The number of hydrogen-bond donors (Lipinski definition) is 0. The molecule has 39 heavy (non-hydrogen) atoms. The van der Waals surface area contributed by atoms with Gasteiger partial charge in [-0.25, -0.2) is 0 Å². The summed E-state index contributed by atoms with van der Waals surface area (Å²) in [5.41, 5.74) is 7.08. The molecule has 4 amide bonds. The van der Waals surface area contributed by atoms with Gasteiger partial charge in [-0.1, -0.05) is 57.6 Å². The monoisotopic (exact) mass is 589 g/mol. The third kappa shape index (κ3) is 5.02. The van der Waals surface area contributed by atoms with Crippen LogP contribution in [0, 0.1) is 39.8 Å². The molecule has 0 fully saturated rings. The molecule has 6 rings (SSSR count). The molecule has 0 aromatic heterocycles. The van der Waals surface area contributed by atoms with Crippen LogP contribution in [0.4, 0.5) is 11.4 Å². The van der Waals surface area contributed by atoms with Crippen molar-refractivity contribution in [2.45, 2.75) is 27.7 Å². The second-order valence-electron chi connectivity index (χ2n) is 9.41. The maximum absolute atomic E-state index is 12.3. The van der Waals surface area contributed by atoms with Gasteiger partial charge in [-0.15, -0.1) is 0 Å². The summed E-state index contributed by atoms with van der Waals surface area (Å²) in [6, 6.07) is 26.7. The molecule has 191 valence electrons. The SMILES string of the molecule is Cc1ccc(N2C(=O)c3c[c-]ccc3C2=O)c(C)c1.Cc1ccc(N2C(=O)c3c[c-]ccc3C2=O)c(C)c1.[Y]. The molecule has 4 aromatic carbocycles. The maximum Gasteiger partial charge on any atom is 0.240 e. The van der Waals surface area contributed by atoms with E-state index in [-0.39, 0.29) is 56.3 Å². The van der Waals surface area contributed by atoms with E-state index < -0.39 is 0 Å². The van der Waals surface area contributed by atoms with Crippen LogP contribution in [-0.2, 0) is 32.7 Å². The zero-order valence-corrected chi connectivity index (χ0v) is 24.9. The molecule has 0 N–H and O–H groups in total. The first-order valence-electron chi connectivity index (χ1n) is 12.1. The Morgan fingerprint density at radius 1 is 0.513 bits per heavy atom. The number of carbonyl (C=O) groups excluding carboxylic acids is 4. The van der Waals surface area contributed by atoms with Gasteiger partial charge < -0.3 is 0 Å². The van der Waals surface area contributed by atoms with Crippen molar-refractivity contribution in [1.29, 1.82) is 0 Å². The summed E-state index contributed by atoms with van der Waals surface area (Å²) in [7, 11) is 0. The van der Waals surface area contributed by atoms with Gasteiger partial charge >= 0.3 is 0 Å². The van der Waals surface area contributed by atoms with E-state index in [4.69, 9.17) is 0 Å². The summed E-state index contributed by atoms with van der Waals surface area (Å²) < 4.78 is 0. The number of rotatable bonds is 2. The number of aryl methyl sites for hydroxylation is 4. The van der Waals surface area contributed by atoms with E-state index in [1.807, 2.05) is 64.1 Å². The molecular weight excluding hydrogens is 565 g/mol. The van der Waals surface area contributed by atoms with E-state index in [0.717, 1.165) is 22.3 Å². The number of fused-ring (bicyclic) bond motifs is 2. The molecule has 0 bridgehead atoms. The molecule has 4 aromatic rings. The standard InChI is InChI=1S/2C16H12NO2.Y/c2*1-10-7-8-14(11(2)9-10)17-15(18)12-5-3-4-6-13(12)16(17)19;/h2*3,5-9H,1-2H3;/q2*-1;. The molecular formula is C32H24N2O4Y-2. The Bertz CT molecular complexity index is 1470. The fourth-order valence-electron chi connectivity index (χ4n) is 4.80. The summed E-state index contributed by atoms with van der Waals surface area (Å²) in [5.74, 6) is -1.07. The van der Waals surface area contributed by atoms with Gasteiger partial charge in [0.25, 0.3) is 0 Å². The van der Waals surface area contributed by atoms with Gasteiger partial charge in [0.15, 0.2) is 0 Å². The van der Waals surface area contributed by atoms with Crippen molar-refractivity contribution in [3.63, 3.8) is 0 Å². The normalized spacial score (nSPS) is 13.5. The Hall–Kier alpha value is -3.74. The number of anilines is 2. The van der Waals surface area contributed by atoms with Crippen molar-refractivity contribution >= 4 is 35.0 Å². The van der Waals surface area contributed by atoms with Crippen molar-refractivity contribution in [3.8, 4) is 0 Å². The summed E-state index contributed by atoms with van der Waals surface area (Å²) in [5, 5.41) is 0. The molecule has 0 atom stereocenters. The van der Waals surface area contributed by atoms with Crippen LogP contribution in [-0.4, -0.2) is 23.6 Å². The summed E-state index contributed by atoms with van der Waals surface area (Å²) >= 11 is 0. The molecule has 0 spiro atoms. The Labute approximate surface area is 252 Å². The van der Waals surface area contributed by atoms with Crippen molar-refractivity contribution in [2.75, 3.05) is 9.80 Å². The number of benzene rings is 4. The molecule has 2 aliphatic heterocycles. The quantitative estimate of drug-likeness (QED) is 0.219. The van der Waals surface area contributed by atoms with Gasteiger partial charge in [0, 0.05) is 32.7 Å². The van der Waals surface area contributed by atoms with Crippen LogP contribution < -0.4 is 9.80 Å². The zero-order valence-electron chi connectivity index (χ0n) is 22.0. The van der Waals surface area contributed by atoms with E-state index in [9.17, 15) is 19.2 Å². The fraction of sp³-hybridized carbons (Fsp3) is 0.125. The van der Waals surface area contributed by atoms with Crippen LogP contribution in [0.1, 0.15) is 63.7 Å². The fourth-order valence-corrected chi connectivity index (χ4v) is 4.80. The van der Waals surface area contributed by atoms with Crippen LogP contribution in [0.5, 0.6) is 0 Å². The van der Waals surface area contributed by atoms with Crippen molar-refractivity contribution in [1.82, 2.24) is 0 Å². The molecule has 2 aliphatic rings. The van der Waals surface area contributed by atoms with Gasteiger partial charge in [0.2, 0.25) is 23.6 Å². The van der Waals surface area contributed by atoms with E-state index >= 15 is 0 Å². The Balaban J connectivity index is 0.000000176. The van der Waals surface area contributed by atoms with E-state index in [2.05, 4.69) is 12.1 Å². The minimum Gasteiger partial charge on any atom is -0.283 e. The number of imide groups is 2. The minimum atomic E-state index is -0.274. The van der Waals surface area contributed by atoms with Gasteiger partial charge in [0.1, 0.15) is 0 Å². The molecule has 0 saturated carbocycles. The molecule has 0 aliphatic carbocycles. The predicted octanol–water partition coefficient (Wildman–Crippen LogP) is 5.81.